The second-order valence-corrected chi connectivity index (χ2v) is 15.7. The van der Waals surface area contributed by atoms with Gasteiger partial charge in [0.05, 0.1) is 34.9 Å². The number of hydrogen-bond acceptors (Lipinski definition) is 16. The summed E-state index contributed by atoms with van der Waals surface area (Å²) in [5.41, 5.74) is 1.49. The summed E-state index contributed by atoms with van der Waals surface area (Å²) in [6.45, 7) is 9.92. The van der Waals surface area contributed by atoms with E-state index in [0.29, 0.717) is 45.6 Å². The van der Waals surface area contributed by atoms with Gasteiger partial charge in [0.1, 0.15) is 22.5 Å². The molecule has 8 rings (SSSR count). The Kier molecular flexibility index (Phi) is 14.7. The Morgan fingerprint density at radius 3 is 1.34 bits per heavy atom. The van der Waals surface area contributed by atoms with Gasteiger partial charge in [-0.15, -0.1) is 0 Å². The highest BCUT2D eigenvalue weighted by Crippen LogP contribution is 2.31. The fraction of sp³-hybridized carbons (Fsp3) is 0.395. The lowest BCUT2D eigenvalue weighted by Gasteiger charge is -2.32. The fourth-order valence-electron chi connectivity index (χ4n) is 6.85. The first-order chi connectivity index (χ1) is 31.9. The number of anilines is 4. The highest BCUT2D eigenvalue weighted by molar-refractivity contribution is 5.92. The molecular formula is C43H46F6N14O4. The van der Waals surface area contributed by atoms with E-state index in [1.165, 1.54) is 12.4 Å². The summed E-state index contributed by atoms with van der Waals surface area (Å²) in [6, 6.07) is 8.20. The summed E-state index contributed by atoms with van der Waals surface area (Å²) in [6.07, 6.45) is -5.07. The number of amides is 2. The molecule has 2 N–H and O–H groups in total. The Balaban J connectivity index is 0.000000199. The maximum absolute atomic E-state index is 12.6. The van der Waals surface area contributed by atoms with Crippen molar-refractivity contribution in [1.82, 2.24) is 49.7 Å². The van der Waals surface area contributed by atoms with Gasteiger partial charge in [0.15, 0.2) is 36.1 Å². The molecule has 2 amide bonds. The highest BCUT2D eigenvalue weighted by Gasteiger charge is 2.31. The van der Waals surface area contributed by atoms with E-state index in [1.54, 1.807) is 6.92 Å². The second kappa shape index (κ2) is 20.6. The number of piperazine rings is 1. The Labute approximate surface area is 379 Å². The lowest BCUT2D eigenvalue weighted by atomic mass is 10.2. The molecule has 2 aliphatic rings. The first-order valence-electron chi connectivity index (χ1n) is 21.0. The Morgan fingerprint density at radius 1 is 0.552 bits per heavy atom. The number of halogens is 6. The third kappa shape index (κ3) is 12.8. The van der Waals surface area contributed by atoms with Gasteiger partial charge in [-0.05, 0) is 89.4 Å². The maximum atomic E-state index is 12.6. The van der Waals surface area contributed by atoms with Crippen LogP contribution in [0.3, 0.4) is 0 Å². The number of alkyl halides is 6. The molecule has 0 radical (unpaired) electrons. The van der Waals surface area contributed by atoms with Gasteiger partial charge in [-0.2, -0.15) is 36.3 Å². The van der Waals surface area contributed by atoms with Crippen molar-refractivity contribution in [2.24, 2.45) is 0 Å². The van der Waals surface area contributed by atoms with Crippen LogP contribution in [0.1, 0.15) is 28.9 Å². The standard InChI is InChI=1S/C22H24F3N7O2.C21H22F3N7O2/c1-14-19-20(30-21(27-14)32-9-3-8-31(2)10-11-32)26-12-17(29-19)28-18(33)13-34-16-6-4-15(5-7-16)22(23,24)25;1-13-18-19(29-20(26-13)31-9-7-30(2)8-10-31)25-11-16(28-18)27-17(32)12-33-15-5-3-14(4-6-15)21(22,23)24/h4-7,12H,3,8-11,13H2,1-2H3,(H,28,29,33);3-6,11H,7-10,12H2,1-2H3,(H,27,28,32). The zero-order valence-electron chi connectivity index (χ0n) is 36.8. The van der Waals surface area contributed by atoms with E-state index in [9.17, 15) is 35.9 Å². The number of hydrogen-bond donors (Lipinski definition) is 2. The molecule has 354 valence electrons. The van der Waals surface area contributed by atoms with E-state index >= 15 is 0 Å². The number of benzene rings is 2. The summed E-state index contributed by atoms with van der Waals surface area (Å²) >= 11 is 0. The molecule has 0 bridgehead atoms. The molecule has 0 atom stereocenters. The largest absolute Gasteiger partial charge is 0.484 e. The van der Waals surface area contributed by atoms with E-state index in [-0.39, 0.29) is 23.1 Å². The van der Waals surface area contributed by atoms with Crippen LogP contribution in [0.2, 0.25) is 0 Å². The van der Waals surface area contributed by atoms with Crippen LogP contribution in [0.5, 0.6) is 11.5 Å². The monoisotopic (exact) mass is 936 g/mol. The van der Waals surface area contributed by atoms with Crippen molar-refractivity contribution >= 4 is 57.7 Å². The van der Waals surface area contributed by atoms with Crippen LogP contribution >= 0.6 is 0 Å². The predicted molar refractivity (Wildman–Crippen MR) is 235 cm³/mol. The average molecular weight is 937 g/mol. The van der Waals surface area contributed by atoms with E-state index in [2.05, 4.69) is 84.2 Å². The molecule has 6 aromatic rings. The third-order valence-corrected chi connectivity index (χ3v) is 10.6. The summed E-state index contributed by atoms with van der Waals surface area (Å²) in [5.74, 6) is 0.827. The molecule has 67 heavy (non-hydrogen) atoms. The van der Waals surface area contributed by atoms with E-state index in [1.807, 2.05) is 6.92 Å². The molecule has 2 aliphatic heterocycles. The number of nitrogens with zero attached hydrogens (tertiary/aromatic N) is 12. The first-order valence-corrected chi connectivity index (χ1v) is 21.0. The lowest BCUT2D eigenvalue weighted by molar-refractivity contribution is -0.138. The Bertz CT molecular complexity index is 2690. The summed E-state index contributed by atoms with van der Waals surface area (Å²) in [7, 11) is 4.16. The quantitative estimate of drug-likeness (QED) is 0.165. The van der Waals surface area contributed by atoms with Gasteiger partial charge < -0.3 is 39.7 Å². The fourth-order valence-corrected chi connectivity index (χ4v) is 6.85. The Morgan fingerprint density at radius 2 is 0.940 bits per heavy atom. The molecule has 24 heteroatoms. The normalized spacial score (nSPS) is 15.1. The average Bonchev–Trinajstić information content (AvgIpc) is 3.52. The highest BCUT2D eigenvalue weighted by atomic mass is 19.4. The van der Waals surface area contributed by atoms with E-state index in [4.69, 9.17) is 9.47 Å². The number of nitrogens with one attached hydrogen (secondary N) is 2. The van der Waals surface area contributed by atoms with Crippen molar-refractivity contribution < 1.29 is 45.4 Å². The topological polar surface area (TPSA) is 193 Å². The van der Waals surface area contributed by atoms with Gasteiger partial charge in [-0.3, -0.25) is 9.59 Å². The van der Waals surface area contributed by atoms with Gasteiger partial charge in [0.25, 0.3) is 11.8 Å². The molecule has 0 spiro atoms. The molecule has 2 fully saturated rings. The number of likely N-dealkylation sites (N-methyl/N-ethyl adjacent to an activating group) is 2. The third-order valence-electron chi connectivity index (χ3n) is 10.6. The van der Waals surface area contributed by atoms with Crippen LogP contribution in [-0.2, 0) is 21.9 Å². The minimum absolute atomic E-state index is 0.142. The molecule has 2 saturated heterocycles. The van der Waals surface area contributed by atoms with Gasteiger partial charge >= 0.3 is 12.4 Å². The van der Waals surface area contributed by atoms with E-state index < -0.39 is 48.5 Å². The number of ether oxygens (including phenoxy) is 2. The Hall–Kier alpha value is -7.08. The zero-order chi connectivity index (χ0) is 47.9. The molecule has 0 saturated carbocycles. The van der Waals surface area contributed by atoms with Gasteiger partial charge in [-0.1, -0.05) is 0 Å². The minimum atomic E-state index is -4.43. The van der Waals surface area contributed by atoms with Crippen molar-refractivity contribution in [1.29, 1.82) is 0 Å². The predicted octanol–water partition coefficient (Wildman–Crippen LogP) is 5.42. The number of rotatable bonds is 10. The molecule has 4 aromatic heterocycles. The molecule has 2 aromatic carbocycles. The first kappa shape index (κ1) is 47.9. The summed E-state index contributed by atoms with van der Waals surface area (Å²) in [4.78, 5) is 68.8. The van der Waals surface area contributed by atoms with Gasteiger partial charge in [-0.25, -0.2) is 29.9 Å². The van der Waals surface area contributed by atoms with Crippen molar-refractivity contribution in [3.63, 3.8) is 0 Å². The van der Waals surface area contributed by atoms with E-state index in [0.717, 1.165) is 107 Å². The van der Waals surface area contributed by atoms with Crippen molar-refractivity contribution in [2.45, 2.75) is 32.6 Å². The van der Waals surface area contributed by atoms with Crippen LogP contribution in [-0.4, -0.2) is 141 Å². The molecule has 0 unspecified atom stereocenters. The van der Waals surface area contributed by atoms with Crippen LogP contribution in [0, 0.1) is 13.8 Å². The molecular weight excluding hydrogens is 891 g/mol. The van der Waals surface area contributed by atoms with Crippen molar-refractivity contribution in [3.8, 4) is 11.5 Å². The second-order valence-electron chi connectivity index (χ2n) is 15.7. The van der Waals surface area contributed by atoms with Crippen molar-refractivity contribution in [2.75, 3.05) is 100 Å². The maximum Gasteiger partial charge on any atom is 0.416 e. The molecule has 6 heterocycles. The van der Waals surface area contributed by atoms with Crippen molar-refractivity contribution in [3.05, 3.63) is 83.4 Å². The molecule has 0 aliphatic carbocycles. The number of carbonyl (C=O) groups excluding carboxylic acids is 2. The van der Waals surface area contributed by atoms with Crippen LogP contribution in [0.4, 0.5) is 49.9 Å². The lowest BCUT2D eigenvalue weighted by Crippen LogP contribution is -2.45. The van der Waals surface area contributed by atoms with Crippen LogP contribution < -0.4 is 29.9 Å². The summed E-state index contributed by atoms with van der Waals surface area (Å²) < 4.78 is 86.2. The minimum Gasteiger partial charge on any atom is -0.484 e. The molecule has 18 nitrogen and oxygen atoms in total. The van der Waals surface area contributed by atoms with Crippen LogP contribution in [0.15, 0.2) is 60.9 Å². The number of aryl methyl sites for hydroxylation is 2. The van der Waals surface area contributed by atoms with Crippen LogP contribution in [0.25, 0.3) is 22.3 Å². The van der Waals surface area contributed by atoms with Gasteiger partial charge in [0.2, 0.25) is 11.9 Å². The SMILES string of the molecule is Cc1nc(N2CCCN(C)CC2)nc2ncc(NC(=O)COc3ccc(C(F)(F)F)cc3)nc12.Cc1nc(N2CCN(C)CC2)nc2ncc(NC(=O)COc3ccc(C(F)(F)F)cc3)nc12. The summed E-state index contributed by atoms with van der Waals surface area (Å²) in [5, 5.41) is 5.13. The zero-order valence-corrected chi connectivity index (χ0v) is 36.8. The number of aromatic nitrogens is 8. The van der Waals surface area contributed by atoms with Gasteiger partial charge in [0, 0.05) is 45.8 Å². The smallest absolute Gasteiger partial charge is 0.416 e. The number of fused-ring (bicyclic) bond motifs is 2. The number of carbonyl (C=O) groups is 2.